The maximum absolute atomic E-state index is 11.9. The second-order valence-electron chi connectivity index (χ2n) is 5.13. The molecule has 1 aromatic rings. The number of nitrogens with one attached hydrogen (secondary N) is 1. The number of anilines is 1. The predicted molar refractivity (Wildman–Crippen MR) is 73.6 cm³/mol. The highest BCUT2D eigenvalue weighted by Gasteiger charge is 2.20. The van der Waals surface area contributed by atoms with Crippen LogP contribution in [0.3, 0.4) is 0 Å². The highest BCUT2D eigenvalue weighted by molar-refractivity contribution is 5.92. The molecule has 0 aromatic heterocycles. The Morgan fingerprint density at radius 3 is 2.83 bits per heavy atom. The Labute approximate surface area is 108 Å². The molecular weight excluding hydrogens is 226 g/mol. The van der Waals surface area contributed by atoms with Crippen molar-refractivity contribution >= 4 is 11.6 Å². The normalized spacial score (nSPS) is 20.1. The molecule has 0 aliphatic carbocycles. The van der Waals surface area contributed by atoms with Gasteiger partial charge in [0.25, 0.3) is 0 Å². The second kappa shape index (κ2) is 5.50. The number of carbonyl (C=O) groups is 1. The molecule has 3 N–H and O–H groups in total. The highest BCUT2D eigenvalue weighted by Crippen LogP contribution is 2.14. The Kier molecular flexibility index (Phi) is 3.99. The van der Waals surface area contributed by atoms with E-state index in [0.29, 0.717) is 6.54 Å². The standard InChI is InChI=1S/C14H21N3O/c1-10-3-4-13(7-11(10)2)16-14(18)9-17-6-5-12(15)8-17/h3-4,7,12H,5-6,8-9,15H2,1-2H3,(H,16,18)/t12-/m0/s1. The zero-order chi connectivity index (χ0) is 13.1. The Morgan fingerprint density at radius 2 is 2.22 bits per heavy atom. The van der Waals surface area contributed by atoms with Crippen LogP contribution >= 0.6 is 0 Å². The molecule has 0 spiro atoms. The Balaban J connectivity index is 1.89. The minimum atomic E-state index is 0.0346. The van der Waals surface area contributed by atoms with E-state index in [1.54, 1.807) is 0 Å². The first-order valence-corrected chi connectivity index (χ1v) is 6.39. The van der Waals surface area contributed by atoms with Crippen LogP contribution in [-0.2, 0) is 4.79 Å². The summed E-state index contributed by atoms with van der Waals surface area (Å²) in [4.78, 5) is 14.0. The molecule has 1 aliphatic rings. The summed E-state index contributed by atoms with van der Waals surface area (Å²) in [6, 6.07) is 6.19. The molecule has 2 rings (SSSR count). The topological polar surface area (TPSA) is 58.4 Å². The Morgan fingerprint density at radius 1 is 1.44 bits per heavy atom. The lowest BCUT2D eigenvalue weighted by Crippen LogP contribution is -2.33. The lowest BCUT2D eigenvalue weighted by atomic mass is 10.1. The molecule has 18 heavy (non-hydrogen) atoms. The van der Waals surface area contributed by atoms with Crippen LogP contribution in [0.4, 0.5) is 5.69 Å². The maximum Gasteiger partial charge on any atom is 0.238 e. The number of hydrogen-bond donors (Lipinski definition) is 2. The zero-order valence-corrected chi connectivity index (χ0v) is 11.1. The summed E-state index contributed by atoms with van der Waals surface area (Å²) in [7, 11) is 0. The third kappa shape index (κ3) is 3.31. The third-order valence-electron chi connectivity index (χ3n) is 3.47. The Hall–Kier alpha value is -1.39. The molecule has 1 atom stereocenters. The van der Waals surface area contributed by atoms with E-state index >= 15 is 0 Å². The summed E-state index contributed by atoms with van der Waals surface area (Å²) in [6.45, 7) is 6.28. The van der Waals surface area contributed by atoms with E-state index in [1.807, 2.05) is 25.1 Å². The molecule has 1 amide bonds. The molecule has 98 valence electrons. The number of likely N-dealkylation sites (tertiary alicyclic amines) is 1. The van der Waals surface area contributed by atoms with Crippen LogP contribution in [0.25, 0.3) is 0 Å². The van der Waals surface area contributed by atoms with Crippen molar-refractivity contribution in [3.8, 4) is 0 Å². The number of benzene rings is 1. The van der Waals surface area contributed by atoms with Gasteiger partial charge in [0.05, 0.1) is 6.54 Å². The summed E-state index contributed by atoms with van der Waals surface area (Å²) < 4.78 is 0. The summed E-state index contributed by atoms with van der Waals surface area (Å²) >= 11 is 0. The average Bonchev–Trinajstić information content (AvgIpc) is 2.69. The van der Waals surface area contributed by atoms with Gasteiger partial charge in [0.15, 0.2) is 0 Å². The van der Waals surface area contributed by atoms with Crippen molar-refractivity contribution < 1.29 is 4.79 Å². The first-order valence-electron chi connectivity index (χ1n) is 6.39. The fourth-order valence-electron chi connectivity index (χ4n) is 2.23. The summed E-state index contributed by atoms with van der Waals surface area (Å²) in [5.74, 6) is 0.0346. The van der Waals surface area contributed by atoms with E-state index in [-0.39, 0.29) is 11.9 Å². The van der Waals surface area contributed by atoms with Gasteiger partial charge in [0, 0.05) is 24.8 Å². The molecule has 1 heterocycles. The Bertz CT molecular complexity index is 445. The van der Waals surface area contributed by atoms with Gasteiger partial charge in [-0.2, -0.15) is 0 Å². The zero-order valence-electron chi connectivity index (χ0n) is 11.1. The lowest BCUT2D eigenvalue weighted by molar-refractivity contribution is -0.117. The summed E-state index contributed by atoms with van der Waals surface area (Å²) in [6.07, 6.45) is 0.983. The quantitative estimate of drug-likeness (QED) is 0.846. The van der Waals surface area contributed by atoms with Crippen molar-refractivity contribution in [2.24, 2.45) is 5.73 Å². The highest BCUT2D eigenvalue weighted by atomic mass is 16.2. The molecule has 1 aliphatic heterocycles. The van der Waals surface area contributed by atoms with Crippen molar-refractivity contribution in [1.82, 2.24) is 4.90 Å². The number of nitrogens with zero attached hydrogens (tertiary/aromatic N) is 1. The van der Waals surface area contributed by atoms with Crippen LogP contribution in [0.15, 0.2) is 18.2 Å². The van der Waals surface area contributed by atoms with E-state index in [0.717, 1.165) is 25.2 Å². The fourth-order valence-corrected chi connectivity index (χ4v) is 2.23. The van der Waals surface area contributed by atoms with Gasteiger partial charge in [0.2, 0.25) is 5.91 Å². The molecule has 0 bridgehead atoms. The van der Waals surface area contributed by atoms with Crippen molar-refractivity contribution in [2.75, 3.05) is 25.0 Å². The monoisotopic (exact) mass is 247 g/mol. The third-order valence-corrected chi connectivity index (χ3v) is 3.47. The van der Waals surface area contributed by atoms with Crippen LogP contribution in [-0.4, -0.2) is 36.5 Å². The first kappa shape index (κ1) is 13.1. The van der Waals surface area contributed by atoms with Gasteiger partial charge in [-0.05, 0) is 43.5 Å². The first-order chi connectivity index (χ1) is 8.54. The smallest absolute Gasteiger partial charge is 0.238 e. The number of carbonyl (C=O) groups excluding carboxylic acids is 1. The molecule has 0 unspecified atom stereocenters. The lowest BCUT2D eigenvalue weighted by Gasteiger charge is -2.15. The molecule has 1 fully saturated rings. The van der Waals surface area contributed by atoms with Gasteiger partial charge < -0.3 is 11.1 Å². The van der Waals surface area contributed by atoms with E-state index in [9.17, 15) is 4.79 Å². The summed E-state index contributed by atoms with van der Waals surface area (Å²) in [5, 5.41) is 2.93. The number of aryl methyl sites for hydroxylation is 2. The van der Waals surface area contributed by atoms with Gasteiger partial charge in [0.1, 0.15) is 0 Å². The molecule has 0 saturated carbocycles. The second-order valence-corrected chi connectivity index (χ2v) is 5.13. The predicted octanol–water partition coefficient (Wildman–Crippen LogP) is 1.27. The summed E-state index contributed by atoms with van der Waals surface area (Å²) in [5.41, 5.74) is 9.11. The molecular formula is C14H21N3O. The van der Waals surface area contributed by atoms with E-state index < -0.39 is 0 Å². The SMILES string of the molecule is Cc1ccc(NC(=O)CN2CC[C@H](N)C2)cc1C. The van der Waals surface area contributed by atoms with Crippen LogP contribution in [0.2, 0.25) is 0 Å². The maximum atomic E-state index is 11.9. The van der Waals surface area contributed by atoms with Gasteiger partial charge in [-0.15, -0.1) is 0 Å². The number of hydrogen-bond acceptors (Lipinski definition) is 3. The number of rotatable bonds is 3. The van der Waals surface area contributed by atoms with Crippen LogP contribution < -0.4 is 11.1 Å². The van der Waals surface area contributed by atoms with Crippen molar-refractivity contribution in [3.63, 3.8) is 0 Å². The van der Waals surface area contributed by atoms with Crippen LogP contribution in [0.5, 0.6) is 0 Å². The van der Waals surface area contributed by atoms with Gasteiger partial charge in [-0.3, -0.25) is 9.69 Å². The number of nitrogens with two attached hydrogens (primary N) is 1. The number of amides is 1. The van der Waals surface area contributed by atoms with Crippen LogP contribution in [0.1, 0.15) is 17.5 Å². The largest absolute Gasteiger partial charge is 0.326 e. The van der Waals surface area contributed by atoms with Crippen molar-refractivity contribution in [2.45, 2.75) is 26.3 Å². The molecule has 4 heteroatoms. The fraction of sp³-hybridized carbons (Fsp3) is 0.500. The molecule has 0 radical (unpaired) electrons. The van der Waals surface area contributed by atoms with Crippen molar-refractivity contribution in [1.29, 1.82) is 0 Å². The van der Waals surface area contributed by atoms with Gasteiger partial charge >= 0.3 is 0 Å². The van der Waals surface area contributed by atoms with Crippen molar-refractivity contribution in [3.05, 3.63) is 29.3 Å². The average molecular weight is 247 g/mol. The van der Waals surface area contributed by atoms with Gasteiger partial charge in [-0.25, -0.2) is 0 Å². The molecule has 4 nitrogen and oxygen atoms in total. The molecule has 1 aromatic carbocycles. The molecule has 1 saturated heterocycles. The minimum Gasteiger partial charge on any atom is -0.326 e. The van der Waals surface area contributed by atoms with E-state index in [1.165, 1.54) is 11.1 Å². The van der Waals surface area contributed by atoms with E-state index in [4.69, 9.17) is 5.73 Å². The van der Waals surface area contributed by atoms with Gasteiger partial charge in [-0.1, -0.05) is 6.07 Å². The van der Waals surface area contributed by atoms with E-state index in [2.05, 4.69) is 17.1 Å². The minimum absolute atomic E-state index is 0.0346. The van der Waals surface area contributed by atoms with Crippen LogP contribution in [0, 0.1) is 13.8 Å².